The van der Waals surface area contributed by atoms with Crippen LogP contribution >= 0.6 is 0 Å². The third kappa shape index (κ3) is 7.33. The number of rotatable bonds is 10. The van der Waals surface area contributed by atoms with Crippen molar-refractivity contribution in [2.75, 3.05) is 39.6 Å². The van der Waals surface area contributed by atoms with E-state index in [1.807, 2.05) is 72.8 Å². The summed E-state index contributed by atoms with van der Waals surface area (Å²) in [6.07, 6.45) is 1.80. The van der Waals surface area contributed by atoms with Crippen LogP contribution in [0.15, 0.2) is 72.8 Å². The van der Waals surface area contributed by atoms with Crippen molar-refractivity contribution < 1.29 is 39.1 Å². The highest BCUT2D eigenvalue weighted by atomic mass is 16.6. The number of esters is 1. The fraction of sp³-hybridized carbons (Fsp3) is 0.306. The van der Waals surface area contributed by atoms with Gasteiger partial charge in [-0.25, -0.2) is 0 Å². The first-order valence-corrected chi connectivity index (χ1v) is 14.8. The van der Waals surface area contributed by atoms with Gasteiger partial charge in [-0.3, -0.25) is 4.79 Å². The number of para-hydroxylation sites is 4. The summed E-state index contributed by atoms with van der Waals surface area (Å²) in [7, 11) is 0. The van der Waals surface area contributed by atoms with Gasteiger partial charge in [-0.1, -0.05) is 72.8 Å². The second-order valence-corrected chi connectivity index (χ2v) is 10.7. The van der Waals surface area contributed by atoms with Crippen LogP contribution in [0.2, 0.25) is 0 Å². The van der Waals surface area contributed by atoms with Crippen LogP contribution in [0.3, 0.4) is 0 Å². The van der Waals surface area contributed by atoms with Crippen LogP contribution in [-0.2, 0) is 35.2 Å². The number of aromatic hydroxyl groups is 1. The number of benzene rings is 4. The minimum Gasteiger partial charge on any atom is -0.507 e. The van der Waals surface area contributed by atoms with Gasteiger partial charge in [0.2, 0.25) is 0 Å². The smallest absolute Gasteiger partial charge is 0.302 e. The van der Waals surface area contributed by atoms with Crippen molar-refractivity contribution in [2.24, 2.45) is 0 Å². The Labute approximate surface area is 257 Å². The first kappa shape index (κ1) is 30.9. The molecule has 44 heavy (non-hydrogen) atoms. The van der Waals surface area contributed by atoms with Crippen LogP contribution in [0, 0.1) is 0 Å². The number of aliphatic hydroxyl groups excluding tert-OH is 2. The quantitative estimate of drug-likeness (QED) is 0.156. The lowest BCUT2D eigenvalue weighted by molar-refractivity contribution is -0.141. The molecule has 8 nitrogen and oxygen atoms in total. The van der Waals surface area contributed by atoms with Gasteiger partial charge >= 0.3 is 5.97 Å². The highest BCUT2D eigenvalue weighted by Crippen LogP contribution is 2.38. The van der Waals surface area contributed by atoms with Gasteiger partial charge in [-0.05, 0) is 44.5 Å². The summed E-state index contributed by atoms with van der Waals surface area (Å²) < 4.78 is 23.7. The molecule has 0 unspecified atom stereocenters. The van der Waals surface area contributed by atoms with Crippen molar-refractivity contribution in [3.05, 3.63) is 117 Å². The van der Waals surface area contributed by atoms with Crippen molar-refractivity contribution in [2.45, 2.75) is 32.6 Å². The molecule has 0 aliphatic heterocycles. The number of fused-ring (bicyclic) bond motifs is 8. The minimum atomic E-state index is -0.373. The summed E-state index contributed by atoms with van der Waals surface area (Å²) >= 11 is 0. The van der Waals surface area contributed by atoms with Gasteiger partial charge in [0.05, 0.1) is 13.2 Å². The molecule has 0 aromatic heterocycles. The van der Waals surface area contributed by atoms with Gasteiger partial charge in [-0.15, -0.1) is 0 Å². The molecule has 8 heteroatoms. The van der Waals surface area contributed by atoms with Gasteiger partial charge in [0.15, 0.2) is 0 Å². The number of carbonyl (C=O) groups is 1. The van der Waals surface area contributed by atoms with Crippen LogP contribution in [0.5, 0.6) is 23.0 Å². The van der Waals surface area contributed by atoms with Crippen molar-refractivity contribution in [3.63, 3.8) is 0 Å². The zero-order chi connectivity index (χ0) is 30.9. The maximum atomic E-state index is 11.5. The van der Waals surface area contributed by atoms with Crippen LogP contribution in [-0.4, -0.2) is 60.9 Å². The van der Waals surface area contributed by atoms with Crippen molar-refractivity contribution >= 4 is 5.97 Å². The van der Waals surface area contributed by atoms with Gasteiger partial charge in [0, 0.05) is 32.6 Å². The Hall–Kier alpha value is -4.53. The maximum Gasteiger partial charge on any atom is 0.302 e. The van der Waals surface area contributed by atoms with Gasteiger partial charge in [-0.2, -0.15) is 0 Å². The second kappa shape index (κ2) is 14.8. The Morgan fingerprint density at radius 3 is 1.20 bits per heavy atom. The zero-order valence-electron chi connectivity index (χ0n) is 24.9. The number of phenolic OH excluding ortho intramolecular Hbond substituents is 1. The fourth-order valence-electron chi connectivity index (χ4n) is 5.68. The summed E-state index contributed by atoms with van der Waals surface area (Å²) in [5, 5.41) is 30.7. The first-order valence-electron chi connectivity index (χ1n) is 14.8. The zero-order valence-corrected chi connectivity index (χ0v) is 24.9. The molecule has 230 valence electrons. The van der Waals surface area contributed by atoms with Gasteiger partial charge in [0.1, 0.15) is 49.4 Å². The van der Waals surface area contributed by atoms with Gasteiger partial charge in [0.25, 0.3) is 0 Å². The molecule has 8 bridgehead atoms. The van der Waals surface area contributed by atoms with E-state index in [0.717, 1.165) is 44.5 Å². The van der Waals surface area contributed by atoms with E-state index in [9.17, 15) is 20.1 Å². The van der Waals surface area contributed by atoms with Crippen molar-refractivity contribution in [1.29, 1.82) is 0 Å². The average molecular weight is 599 g/mol. The Morgan fingerprint density at radius 2 is 0.864 bits per heavy atom. The molecule has 5 rings (SSSR count). The monoisotopic (exact) mass is 598 g/mol. The van der Waals surface area contributed by atoms with E-state index in [-0.39, 0.29) is 51.4 Å². The molecule has 0 radical (unpaired) electrons. The first-order chi connectivity index (χ1) is 21.5. The molecular weight excluding hydrogens is 560 g/mol. The van der Waals surface area contributed by atoms with Crippen LogP contribution in [0.1, 0.15) is 51.4 Å². The molecule has 0 saturated carbocycles. The SMILES string of the molecule is CC(=O)OCCOc1c2cccc1Cc1cccc(c1OCCO)Cc1cccc(c1OCCO)Cc1cccc(c1O)C2. The van der Waals surface area contributed by atoms with E-state index in [4.69, 9.17) is 18.9 Å². The Bertz CT molecular complexity index is 1600. The number of carbonyl (C=O) groups excluding carboxylic acids is 1. The van der Waals surface area contributed by atoms with Crippen LogP contribution in [0.25, 0.3) is 0 Å². The lowest BCUT2D eigenvalue weighted by Gasteiger charge is -2.21. The molecule has 3 N–H and O–H groups in total. The normalized spacial score (nSPS) is 12.3. The summed E-state index contributed by atoms with van der Waals surface area (Å²) in [4.78, 5) is 11.4. The molecule has 4 aromatic carbocycles. The van der Waals surface area contributed by atoms with E-state index in [1.54, 1.807) is 0 Å². The third-order valence-corrected chi connectivity index (χ3v) is 7.57. The fourth-order valence-corrected chi connectivity index (χ4v) is 5.68. The molecule has 1 aliphatic rings. The number of aliphatic hydroxyl groups is 2. The highest BCUT2D eigenvalue weighted by molar-refractivity contribution is 5.65. The number of ether oxygens (including phenoxy) is 4. The molecular formula is C36H38O8. The topological polar surface area (TPSA) is 115 Å². The summed E-state index contributed by atoms with van der Waals surface area (Å²) in [6.45, 7) is 1.67. The highest BCUT2D eigenvalue weighted by Gasteiger charge is 2.21. The molecule has 0 heterocycles. The van der Waals surface area contributed by atoms with E-state index >= 15 is 0 Å². The number of hydrogen-bond acceptors (Lipinski definition) is 8. The largest absolute Gasteiger partial charge is 0.507 e. The van der Waals surface area contributed by atoms with Crippen molar-refractivity contribution in [1.82, 2.24) is 0 Å². The minimum absolute atomic E-state index is 0.114. The molecule has 0 amide bonds. The number of phenols is 1. The summed E-state index contributed by atoms with van der Waals surface area (Å²) in [6, 6.07) is 23.6. The average Bonchev–Trinajstić information content (AvgIpc) is 3.01. The molecule has 0 saturated heterocycles. The predicted molar refractivity (Wildman–Crippen MR) is 166 cm³/mol. The summed E-state index contributed by atoms with van der Waals surface area (Å²) in [5.74, 6) is 1.86. The van der Waals surface area contributed by atoms with E-state index < -0.39 is 0 Å². The van der Waals surface area contributed by atoms with Crippen LogP contribution in [0.4, 0.5) is 0 Å². The van der Waals surface area contributed by atoms with E-state index in [1.165, 1.54) is 6.92 Å². The maximum absolute atomic E-state index is 11.5. The lowest BCUT2D eigenvalue weighted by atomic mass is 9.91. The lowest BCUT2D eigenvalue weighted by Crippen LogP contribution is -2.12. The molecule has 0 atom stereocenters. The van der Waals surface area contributed by atoms with Crippen LogP contribution < -0.4 is 14.2 Å². The Balaban J connectivity index is 1.67. The molecule has 0 fully saturated rings. The van der Waals surface area contributed by atoms with E-state index in [0.29, 0.717) is 42.9 Å². The standard InChI is InChI=1S/C36H38O8/c1-24(39)41-18-19-44-36-28-9-4-13-32(36)23-31-12-5-11-30(35(31)43-17-15-38)22-29-10-3-8-27(34(29)42-16-14-37)20-25-6-2-7-26(21-28)33(25)40/h2-13,37-38,40H,14-23H2,1H3. The van der Waals surface area contributed by atoms with E-state index in [2.05, 4.69) is 0 Å². The number of hydrogen-bond donors (Lipinski definition) is 3. The molecule has 4 aromatic rings. The Kier molecular flexibility index (Phi) is 10.4. The van der Waals surface area contributed by atoms with Crippen molar-refractivity contribution in [3.8, 4) is 23.0 Å². The van der Waals surface area contributed by atoms with Gasteiger partial charge < -0.3 is 34.3 Å². The molecule has 1 aliphatic carbocycles. The summed E-state index contributed by atoms with van der Waals surface area (Å²) in [5.41, 5.74) is 6.95. The third-order valence-electron chi connectivity index (χ3n) is 7.57. The predicted octanol–water partition coefficient (Wildman–Crippen LogP) is 4.75. The Morgan fingerprint density at radius 1 is 0.545 bits per heavy atom. The molecule has 0 spiro atoms. The second-order valence-electron chi connectivity index (χ2n) is 10.7.